The van der Waals surface area contributed by atoms with Gasteiger partial charge >= 0.3 is 0 Å². The molecule has 0 saturated heterocycles. The number of carbonyl (C=O) groups is 1. The highest BCUT2D eigenvalue weighted by molar-refractivity contribution is 6.31. The van der Waals surface area contributed by atoms with Gasteiger partial charge in [0.05, 0.1) is 0 Å². The van der Waals surface area contributed by atoms with Crippen molar-refractivity contribution < 1.29 is 9.53 Å². The molecule has 0 aliphatic carbocycles. The predicted octanol–water partition coefficient (Wildman–Crippen LogP) is 4.09. The lowest BCUT2D eigenvalue weighted by atomic mass is 10.00. The van der Waals surface area contributed by atoms with Crippen molar-refractivity contribution in [2.24, 2.45) is 0 Å². The van der Waals surface area contributed by atoms with E-state index in [2.05, 4.69) is 0 Å². The molecule has 1 aliphatic heterocycles. The van der Waals surface area contributed by atoms with Crippen LogP contribution in [0.1, 0.15) is 28.4 Å². The van der Waals surface area contributed by atoms with Crippen molar-refractivity contribution in [3.63, 3.8) is 0 Å². The van der Waals surface area contributed by atoms with Crippen LogP contribution in [0.4, 0.5) is 0 Å². The van der Waals surface area contributed by atoms with Crippen LogP contribution in [-0.2, 0) is 12.8 Å². The van der Waals surface area contributed by atoms with E-state index in [1.54, 1.807) is 0 Å². The summed E-state index contributed by atoms with van der Waals surface area (Å²) in [5.74, 6) is 0.979. The highest BCUT2D eigenvalue weighted by Crippen LogP contribution is 2.30. The van der Waals surface area contributed by atoms with Crippen molar-refractivity contribution in [2.75, 3.05) is 0 Å². The second-order valence-electron chi connectivity index (χ2n) is 5.15. The monoisotopic (exact) mass is 286 g/mol. The van der Waals surface area contributed by atoms with Gasteiger partial charge in [0.2, 0.25) is 0 Å². The topological polar surface area (TPSA) is 26.3 Å². The molecule has 2 nitrogen and oxygen atoms in total. The van der Waals surface area contributed by atoms with Gasteiger partial charge < -0.3 is 4.74 Å². The van der Waals surface area contributed by atoms with Crippen molar-refractivity contribution in [2.45, 2.75) is 25.9 Å². The van der Waals surface area contributed by atoms with E-state index in [1.165, 1.54) is 0 Å². The summed E-state index contributed by atoms with van der Waals surface area (Å²) >= 11 is 6.10. The molecule has 2 aromatic carbocycles. The zero-order valence-corrected chi connectivity index (χ0v) is 12.0. The minimum atomic E-state index is 0.0838. The van der Waals surface area contributed by atoms with Crippen molar-refractivity contribution in [3.8, 4) is 5.75 Å². The van der Waals surface area contributed by atoms with Gasteiger partial charge in [-0.3, -0.25) is 4.79 Å². The number of fused-ring (bicyclic) bond motifs is 1. The molecule has 1 atom stereocenters. The maximum Gasteiger partial charge on any atom is 0.167 e. The third-order valence-corrected chi connectivity index (χ3v) is 3.90. The maximum atomic E-state index is 12.3. The van der Waals surface area contributed by atoms with Gasteiger partial charge in [-0.1, -0.05) is 29.8 Å². The third-order valence-electron chi connectivity index (χ3n) is 3.53. The van der Waals surface area contributed by atoms with E-state index in [9.17, 15) is 4.79 Å². The van der Waals surface area contributed by atoms with Gasteiger partial charge in [-0.15, -0.1) is 0 Å². The van der Waals surface area contributed by atoms with Crippen LogP contribution in [0.5, 0.6) is 5.75 Å². The molecular formula is C17H15ClO2. The van der Waals surface area contributed by atoms with Gasteiger partial charge in [-0.05, 0) is 42.3 Å². The fourth-order valence-corrected chi connectivity index (χ4v) is 2.71. The van der Waals surface area contributed by atoms with Crippen LogP contribution < -0.4 is 4.74 Å². The van der Waals surface area contributed by atoms with Crippen molar-refractivity contribution in [3.05, 3.63) is 64.2 Å². The van der Waals surface area contributed by atoms with Crippen LogP contribution in [0.2, 0.25) is 5.02 Å². The molecule has 3 heteroatoms. The number of carbonyl (C=O) groups excluding carboxylic acids is 1. The molecule has 3 rings (SSSR count). The number of Topliss-reactive ketones (excluding diaryl/α,β-unsaturated/α-hetero) is 1. The minimum absolute atomic E-state index is 0.0838. The Morgan fingerprint density at radius 1 is 1.30 bits per heavy atom. The fraction of sp³-hybridized carbons (Fsp3) is 0.235. The van der Waals surface area contributed by atoms with Crippen molar-refractivity contribution in [1.29, 1.82) is 0 Å². The Morgan fingerprint density at radius 3 is 2.90 bits per heavy atom. The van der Waals surface area contributed by atoms with Crippen LogP contribution in [0.25, 0.3) is 0 Å². The number of hydrogen-bond donors (Lipinski definition) is 0. The van der Waals surface area contributed by atoms with Crippen molar-refractivity contribution >= 4 is 17.4 Å². The number of rotatable bonds is 3. The second kappa shape index (κ2) is 5.29. The van der Waals surface area contributed by atoms with Gasteiger partial charge in [0, 0.05) is 23.4 Å². The maximum absolute atomic E-state index is 12.3. The largest absolute Gasteiger partial charge is 0.490 e. The van der Waals surface area contributed by atoms with E-state index < -0.39 is 0 Å². The fourth-order valence-electron chi connectivity index (χ4n) is 2.51. The van der Waals surface area contributed by atoms with Gasteiger partial charge in [-0.2, -0.15) is 0 Å². The Balaban J connectivity index is 1.82. The summed E-state index contributed by atoms with van der Waals surface area (Å²) in [6.07, 6.45) is 1.39. The highest BCUT2D eigenvalue weighted by Gasteiger charge is 2.20. The van der Waals surface area contributed by atoms with E-state index in [1.807, 2.05) is 49.4 Å². The standard InChI is InChI=1S/C17H15ClO2/c1-11-8-14-9-13(6-7-17(14)20-11)16(19)10-12-4-2-3-5-15(12)18/h2-7,9,11H,8,10H2,1H3. The van der Waals surface area contributed by atoms with Gasteiger partial charge in [0.25, 0.3) is 0 Å². The first-order chi connectivity index (χ1) is 9.63. The lowest BCUT2D eigenvalue weighted by Gasteiger charge is -2.05. The molecule has 0 saturated carbocycles. The predicted molar refractivity (Wildman–Crippen MR) is 79.7 cm³/mol. The number of hydrogen-bond acceptors (Lipinski definition) is 2. The Labute approximate surface area is 123 Å². The Kier molecular flexibility index (Phi) is 3.49. The first-order valence-electron chi connectivity index (χ1n) is 6.69. The lowest BCUT2D eigenvalue weighted by Crippen LogP contribution is -2.05. The molecule has 20 heavy (non-hydrogen) atoms. The smallest absolute Gasteiger partial charge is 0.167 e. The molecule has 0 amide bonds. The first-order valence-corrected chi connectivity index (χ1v) is 7.07. The summed E-state index contributed by atoms with van der Waals surface area (Å²) in [4.78, 5) is 12.3. The average molecular weight is 287 g/mol. The summed E-state index contributed by atoms with van der Waals surface area (Å²) in [6.45, 7) is 2.03. The molecule has 1 aliphatic rings. The van der Waals surface area contributed by atoms with E-state index >= 15 is 0 Å². The molecule has 2 aromatic rings. The summed E-state index contributed by atoms with van der Waals surface area (Å²) in [5, 5.41) is 0.638. The van der Waals surface area contributed by atoms with Gasteiger partial charge in [-0.25, -0.2) is 0 Å². The Bertz CT molecular complexity index is 664. The summed E-state index contributed by atoms with van der Waals surface area (Å²) in [7, 11) is 0. The Morgan fingerprint density at radius 2 is 2.10 bits per heavy atom. The summed E-state index contributed by atoms with van der Waals surface area (Å²) < 4.78 is 5.65. The van der Waals surface area contributed by atoms with Crippen molar-refractivity contribution in [1.82, 2.24) is 0 Å². The molecule has 0 N–H and O–H groups in total. The number of halogens is 1. The molecule has 0 aromatic heterocycles. The van der Waals surface area contributed by atoms with Gasteiger partial charge in [0.15, 0.2) is 5.78 Å². The second-order valence-corrected chi connectivity index (χ2v) is 5.55. The van der Waals surface area contributed by atoms with Crippen LogP contribution >= 0.6 is 11.6 Å². The quantitative estimate of drug-likeness (QED) is 0.795. The van der Waals surface area contributed by atoms with Crippen LogP contribution in [0.15, 0.2) is 42.5 Å². The van der Waals surface area contributed by atoms with E-state index in [4.69, 9.17) is 16.3 Å². The minimum Gasteiger partial charge on any atom is -0.490 e. The molecular weight excluding hydrogens is 272 g/mol. The Hall–Kier alpha value is -1.80. The molecule has 0 radical (unpaired) electrons. The number of benzene rings is 2. The van der Waals surface area contributed by atoms with Gasteiger partial charge in [0.1, 0.15) is 11.9 Å². The number of ether oxygens (including phenoxy) is 1. The SMILES string of the molecule is CC1Cc2cc(C(=O)Cc3ccccc3Cl)ccc2O1. The number of ketones is 1. The summed E-state index contributed by atoms with van der Waals surface area (Å²) in [6, 6.07) is 13.1. The molecule has 0 fully saturated rings. The normalized spacial score (nSPS) is 16.6. The molecule has 1 unspecified atom stereocenters. The molecule has 102 valence electrons. The molecule has 0 bridgehead atoms. The van der Waals surface area contributed by atoms with Crippen LogP contribution in [0.3, 0.4) is 0 Å². The highest BCUT2D eigenvalue weighted by atomic mass is 35.5. The molecule has 0 spiro atoms. The van der Waals surface area contributed by atoms with Crippen LogP contribution in [-0.4, -0.2) is 11.9 Å². The van der Waals surface area contributed by atoms with E-state index in [-0.39, 0.29) is 11.9 Å². The zero-order chi connectivity index (χ0) is 14.1. The lowest BCUT2D eigenvalue weighted by molar-refractivity contribution is 0.0993. The first kappa shape index (κ1) is 13.2. The summed E-state index contributed by atoms with van der Waals surface area (Å²) in [5.41, 5.74) is 2.70. The van der Waals surface area contributed by atoms with E-state index in [0.29, 0.717) is 11.4 Å². The zero-order valence-electron chi connectivity index (χ0n) is 11.2. The van der Waals surface area contributed by atoms with Crippen LogP contribution in [0, 0.1) is 0 Å². The average Bonchev–Trinajstić information content (AvgIpc) is 2.80. The molecule has 1 heterocycles. The third kappa shape index (κ3) is 2.56. The van der Waals surface area contributed by atoms with E-state index in [0.717, 1.165) is 28.9 Å².